The summed E-state index contributed by atoms with van der Waals surface area (Å²) < 4.78 is 5.81. The molecule has 1 aromatic heterocycles. The van der Waals surface area contributed by atoms with E-state index in [1.54, 1.807) is 12.3 Å². The lowest BCUT2D eigenvalue weighted by atomic mass is 10.2. The first-order chi connectivity index (χ1) is 8.60. The van der Waals surface area contributed by atoms with E-state index >= 15 is 0 Å². The Bertz CT molecular complexity index is 572. The molecule has 2 nitrogen and oxygen atoms in total. The van der Waals surface area contributed by atoms with E-state index in [9.17, 15) is 0 Å². The lowest BCUT2D eigenvalue weighted by Gasteiger charge is -2.10. The number of aromatic nitrogens is 1. The molecule has 0 saturated heterocycles. The van der Waals surface area contributed by atoms with Gasteiger partial charge in [0, 0.05) is 22.1 Å². The molecule has 2 rings (SSSR count). The van der Waals surface area contributed by atoms with Gasteiger partial charge in [0.2, 0.25) is 5.88 Å². The molecule has 0 bridgehead atoms. The van der Waals surface area contributed by atoms with Gasteiger partial charge in [0.25, 0.3) is 0 Å². The van der Waals surface area contributed by atoms with E-state index in [-0.39, 0.29) is 0 Å². The molecule has 0 aliphatic heterocycles. The topological polar surface area (TPSA) is 22.1 Å². The second kappa shape index (κ2) is 5.72. The normalized spacial score (nSPS) is 10.4. The minimum Gasteiger partial charge on any atom is -0.438 e. The zero-order chi connectivity index (χ0) is 13.1. The molecule has 18 heavy (non-hydrogen) atoms. The first kappa shape index (κ1) is 13.4. The smallest absolute Gasteiger partial charge is 0.222 e. The van der Waals surface area contributed by atoms with Gasteiger partial charge in [0.05, 0.1) is 0 Å². The summed E-state index contributed by atoms with van der Waals surface area (Å²) in [6, 6.07) is 7.63. The number of aryl methyl sites for hydroxylation is 2. The van der Waals surface area contributed by atoms with Crippen molar-refractivity contribution in [2.75, 3.05) is 0 Å². The molecular weight excluding hydrogens is 314 g/mol. The van der Waals surface area contributed by atoms with Crippen LogP contribution in [0.25, 0.3) is 0 Å². The van der Waals surface area contributed by atoms with Gasteiger partial charge in [-0.05, 0) is 43.2 Å². The first-order valence-corrected chi connectivity index (χ1v) is 7.05. The fourth-order valence-corrected chi connectivity index (χ4v) is 2.06. The van der Waals surface area contributed by atoms with Crippen molar-refractivity contribution in [1.82, 2.24) is 4.98 Å². The highest BCUT2D eigenvalue weighted by Gasteiger charge is 2.07. The summed E-state index contributed by atoms with van der Waals surface area (Å²) in [4.78, 5) is 4.32. The molecule has 1 aromatic carbocycles. The van der Waals surface area contributed by atoms with Gasteiger partial charge in [-0.2, -0.15) is 0 Å². The SMILES string of the molecule is Cc1ccc(Cl)cc1Oc1ncc(CBr)cc1C. The Kier molecular flexibility index (Phi) is 4.25. The van der Waals surface area contributed by atoms with Crippen molar-refractivity contribution in [3.05, 3.63) is 52.2 Å². The van der Waals surface area contributed by atoms with Crippen LogP contribution >= 0.6 is 27.5 Å². The second-order valence-corrected chi connectivity index (χ2v) is 5.11. The fourth-order valence-electron chi connectivity index (χ4n) is 1.59. The van der Waals surface area contributed by atoms with Gasteiger partial charge in [0.15, 0.2) is 0 Å². The number of hydrogen-bond acceptors (Lipinski definition) is 2. The Morgan fingerprint density at radius 1 is 1.22 bits per heavy atom. The summed E-state index contributed by atoms with van der Waals surface area (Å²) in [5, 5.41) is 1.45. The molecule has 4 heteroatoms. The Labute approximate surface area is 120 Å². The molecule has 0 unspecified atom stereocenters. The molecule has 0 radical (unpaired) electrons. The number of pyridine rings is 1. The van der Waals surface area contributed by atoms with Crippen molar-refractivity contribution in [2.24, 2.45) is 0 Å². The number of nitrogens with zero attached hydrogens (tertiary/aromatic N) is 1. The zero-order valence-electron chi connectivity index (χ0n) is 10.2. The molecule has 0 saturated carbocycles. The number of alkyl halides is 1. The summed E-state index contributed by atoms with van der Waals surface area (Å²) in [5.41, 5.74) is 3.17. The minimum absolute atomic E-state index is 0.616. The van der Waals surface area contributed by atoms with Crippen LogP contribution in [0.3, 0.4) is 0 Å². The van der Waals surface area contributed by atoms with Crippen molar-refractivity contribution >= 4 is 27.5 Å². The number of hydrogen-bond donors (Lipinski definition) is 0. The maximum atomic E-state index is 5.96. The van der Waals surface area contributed by atoms with Gasteiger partial charge in [-0.15, -0.1) is 0 Å². The Hall–Kier alpha value is -1.06. The first-order valence-electron chi connectivity index (χ1n) is 5.55. The highest BCUT2D eigenvalue weighted by Crippen LogP contribution is 2.28. The van der Waals surface area contributed by atoms with Crippen LogP contribution in [-0.2, 0) is 5.33 Å². The minimum atomic E-state index is 0.616. The maximum absolute atomic E-state index is 5.96. The van der Waals surface area contributed by atoms with Crippen molar-refractivity contribution < 1.29 is 4.74 Å². The molecule has 0 amide bonds. The molecule has 0 atom stereocenters. The largest absolute Gasteiger partial charge is 0.438 e. The molecule has 0 aliphatic carbocycles. The quantitative estimate of drug-likeness (QED) is 0.737. The molecule has 2 aromatic rings. The van der Waals surface area contributed by atoms with Gasteiger partial charge in [-0.25, -0.2) is 4.98 Å². The van der Waals surface area contributed by atoms with Crippen LogP contribution in [0.1, 0.15) is 16.7 Å². The van der Waals surface area contributed by atoms with E-state index < -0.39 is 0 Å². The van der Waals surface area contributed by atoms with Crippen LogP contribution in [0, 0.1) is 13.8 Å². The molecule has 94 valence electrons. The number of rotatable bonds is 3. The van der Waals surface area contributed by atoms with Gasteiger partial charge >= 0.3 is 0 Å². The van der Waals surface area contributed by atoms with Gasteiger partial charge in [0.1, 0.15) is 5.75 Å². The van der Waals surface area contributed by atoms with Gasteiger partial charge < -0.3 is 4.74 Å². The molecule has 1 heterocycles. The maximum Gasteiger partial charge on any atom is 0.222 e. The van der Waals surface area contributed by atoms with Gasteiger partial charge in [-0.1, -0.05) is 33.6 Å². The second-order valence-electron chi connectivity index (χ2n) is 4.11. The summed E-state index contributed by atoms with van der Waals surface area (Å²) in [6.07, 6.45) is 1.80. The van der Waals surface area contributed by atoms with E-state index in [0.717, 1.165) is 27.8 Å². The molecule has 0 fully saturated rings. The highest BCUT2D eigenvalue weighted by molar-refractivity contribution is 9.08. The number of benzene rings is 1. The summed E-state index contributed by atoms with van der Waals surface area (Å²) >= 11 is 9.37. The average Bonchev–Trinajstić information content (AvgIpc) is 2.36. The number of halogens is 2. The third-order valence-corrected chi connectivity index (χ3v) is 3.48. The van der Waals surface area contributed by atoms with Crippen LogP contribution < -0.4 is 4.74 Å². The Morgan fingerprint density at radius 3 is 2.67 bits per heavy atom. The van der Waals surface area contributed by atoms with E-state index in [4.69, 9.17) is 16.3 Å². The third-order valence-electron chi connectivity index (χ3n) is 2.60. The van der Waals surface area contributed by atoms with E-state index in [1.807, 2.05) is 26.0 Å². The van der Waals surface area contributed by atoms with Crippen LogP contribution in [0.5, 0.6) is 11.6 Å². The monoisotopic (exact) mass is 325 g/mol. The Morgan fingerprint density at radius 2 is 2.00 bits per heavy atom. The zero-order valence-corrected chi connectivity index (χ0v) is 12.5. The van der Waals surface area contributed by atoms with Crippen molar-refractivity contribution in [3.8, 4) is 11.6 Å². The van der Waals surface area contributed by atoms with E-state index in [0.29, 0.717) is 10.9 Å². The molecule has 0 aliphatic rings. The predicted molar refractivity (Wildman–Crippen MR) is 77.9 cm³/mol. The van der Waals surface area contributed by atoms with E-state index in [2.05, 4.69) is 27.0 Å². The van der Waals surface area contributed by atoms with Crippen molar-refractivity contribution in [2.45, 2.75) is 19.2 Å². The molecule has 0 N–H and O–H groups in total. The predicted octanol–water partition coefficient (Wildman–Crippen LogP) is 5.04. The Balaban J connectivity index is 2.31. The summed E-state index contributed by atoms with van der Waals surface area (Å²) in [5.74, 6) is 1.36. The molecular formula is C14H13BrClNO. The standard InChI is InChI=1S/C14H13BrClNO/c1-9-3-4-12(16)6-13(9)18-14-10(2)5-11(7-15)8-17-14/h3-6,8H,7H2,1-2H3. The molecule has 0 spiro atoms. The summed E-state index contributed by atoms with van der Waals surface area (Å²) in [7, 11) is 0. The van der Waals surface area contributed by atoms with E-state index in [1.165, 1.54) is 0 Å². The third kappa shape index (κ3) is 3.03. The van der Waals surface area contributed by atoms with Crippen LogP contribution in [-0.4, -0.2) is 4.98 Å². The van der Waals surface area contributed by atoms with Crippen LogP contribution in [0.2, 0.25) is 5.02 Å². The van der Waals surface area contributed by atoms with Gasteiger partial charge in [-0.3, -0.25) is 0 Å². The lowest BCUT2D eigenvalue weighted by molar-refractivity contribution is 0.455. The van der Waals surface area contributed by atoms with Crippen LogP contribution in [0.15, 0.2) is 30.5 Å². The number of ether oxygens (including phenoxy) is 1. The lowest BCUT2D eigenvalue weighted by Crippen LogP contribution is -1.94. The van der Waals surface area contributed by atoms with Crippen molar-refractivity contribution in [1.29, 1.82) is 0 Å². The average molecular weight is 327 g/mol. The van der Waals surface area contributed by atoms with Crippen LogP contribution in [0.4, 0.5) is 0 Å². The highest BCUT2D eigenvalue weighted by atomic mass is 79.9. The fraction of sp³-hybridized carbons (Fsp3) is 0.214. The summed E-state index contributed by atoms with van der Waals surface area (Å²) in [6.45, 7) is 3.96. The van der Waals surface area contributed by atoms with Crippen molar-refractivity contribution in [3.63, 3.8) is 0 Å².